The molecule has 0 aliphatic heterocycles. The summed E-state index contributed by atoms with van der Waals surface area (Å²) in [6.07, 6.45) is 2.74. The number of halogens is 1. The lowest BCUT2D eigenvalue weighted by atomic mass is 9.94. The van der Waals surface area contributed by atoms with E-state index in [1.807, 2.05) is 37.3 Å². The van der Waals surface area contributed by atoms with E-state index in [0.29, 0.717) is 41.0 Å². The number of amides is 2. The highest BCUT2D eigenvalue weighted by molar-refractivity contribution is 5.88. The summed E-state index contributed by atoms with van der Waals surface area (Å²) in [6.45, 7) is 6.58. The van der Waals surface area contributed by atoms with Gasteiger partial charge < -0.3 is 14.2 Å². The number of carbonyl (C=O) groups is 2. The molecule has 0 aliphatic carbocycles. The zero-order valence-corrected chi connectivity index (χ0v) is 23.9. The van der Waals surface area contributed by atoms with Crippen molar-refractivity contribution in [2.45, 2.75) is 52.6 Å². The standard InChI is InChI=1S/C34H37FN2O4/c1-4-29(26-10-6-5-7-11-26)34(40)36(19-18-24(2)3)22-32(38)37(20-25-14-16-28(35)17-15-25)21-27-23-41-31-13-9-8-12-30(31)33(27)39/h5-17,23-24,29H,4,18-22H2,1-3H3. The van der Waals surface area contributed by atoms with Crippen molar-refractivity contribution in [2.24, 2.45) is 5.92 Å². The van der Waals surface area contributed by atoms with Crippen LogP contribution in [-0.2, 0) is 22.7 Å². The van der Waals surface area contributed by atoms with Crippen LogP contribution >= 0.6 is 0 Å². The van der Waals surface area contributed by atoms with E-state index in [1.165, 1.54) is 23.3 Å². The van der Waals surface area contributed by atoms with Crippen LogP contribution in [0.15, 0.2) is 94.3 Å². The molecule has 4 rings (SSSR count). The monoisotopic (exact) mass is 556 g/mol. The van der Waals surface area contributed by atoms with E-state index in [1.54, 1.807) is 41.3 Å². The number of carbonyl (C=O) groups excluding carboxylic acids is 2. The minimum Gasteiger partial charge on any atom is -0.464 e. The highest BCUT2D eigenvalue weighted by atomic mass is 19.1. The second-order valence-corrected chi connectivity index (χ2v) is 10.8. The van der Waals surface area contributed by atoms with Gasteiger partial charge in [0.1, 0.15) is 11.4 Å². The van der Waals surface area contributed by atoms with Gasteiger partial charge in [0.2, 0.25) is 11.8 Å². The van der Waals surface area contributed by atoms with Gasteiger partial charge in [-0.25, -0.2) is 4.39 Å². The van der Waals surface area contributed by atoms with Gasteiger partial charge in [-0.2, -0.15) is 0 Å². The summed E-state index contributed by atoms with van der Waals surface area (Å²) < 4.78 is 19.3. The lowest BCUT2D eigenvalue weighted by molar-refractivity contribution is -0.142. The molecule has 1 heterocycles. The molecule has 0 aliphatic rings. The van der Waals surface area contributed by atoms with E-state index in [4.69, 9.17) is 4.42 Å². The molecule has 2 amide bonds. The van der Waals surface area contributed by atoms with E-state index in [2.05, 4.69) is 13.8 Å². The average molecular weight is 557 g/mol. The summed E-state index contributed by atoms with van der Waals surface area (Å²) in [7, 11) is 0. The number of benzene rings is 3. The third kappa shape index (κ3) is 7.69. The summed E-state index contributed by atoms with van der Waals surface area (Å²) in [6, 6.07) is 22.5. The third-order valence-corrected chi connectivity index (χ3v) is 7.27. The Hall–Kier alpha value is -4.26. The van der Waals surface area contributed by atoms with Crippen LogP contribution in [0.1, 0.15) is 56.2 Å². The zero-order chi connectivity index (χ0) is 29.4. The van der Waals surface area contributed by atoms with Crippen molar-refractivity contribution < 1.29 is 18.4 Å². The van der Waals surface area contributed by atoms with Crippen LogP contribution in [0.3, 0.4) is 0 Å². The van der Waals surface area contributed by atoms with E-state index in [0.717, 1.165) is 12.0 Å². The third-order valence-electron chi connectivity index (χ3n) is 7.27. The van der Waals surface area contributed by atoms with E-state index < -0.39 is 0 Å². The van der Waals surface area contributed by atoms with E-state index in [9.17, 15) is 18.8 Å². The second kappa shape index (κ2) is 13.9. The molecule has 0 saturated heterocycles. The van der Waals surface area contributed by atoms with Crippen molar-refractivity contribution in [1.82, 2.24) is 9.80 Å². The van der Waals surface area contributed by atoms with E-state index in [-0.39, 0.29) is 48.6 Å². The molecule has 0 radical (unpaired) electrons. The molecule has 0 fully saturated rings. The van der Waals surface area contributed by atoms with Gasteiger partial charge in [0.25, 0.3) is 0 Å². The fourth-order valence-electron chi connectivity index (χ4n) is 4.88. The highest BCUT2D eigenvalue weighted by Crippen LogP contribution is 2.23. The molecular weight excluding hydrogens is 519 g/mol. The van der Waals surface area contributed by atoms with Crippen LogP contribution in [0.4, 0.5) is 4.39 Å². The minimum atomic E-state index is -0.376. The smallest absolute Gasteiger partial charge is 0.242 e. The number of hydrogen-bond acceptors (Lipinski definition) is 4. The molecule has 0 saturated carbocycles. The Morgan fingerprint density at radius 2 is 1.56 bits per heavy atom. The summed E-state index contributed by atoms with van der Waals surface area (Å²) in [5.41, 5.74) is 2.20. The number of para-hydroxylation sites is 1. The molecule has 1 atom stereocenters. The van der Waals surface area contributed by atoms with Crippen molar-refractivity contribution >= 4 is 22.8 Å². The Morgan fingerprint density at radius 1 is 0.878 bits per heavy atom. The first-order valence-corrected chi connectivity index (χ1v) is 14.1. The normalized spacial score (nSPS) is 11.9. The van der Waals surface area contributed by atoms with Crippen LogP contribution in [-0.4, -0.2) is 34.7 Å². The molecule has 0 spiro atoms. The van der Waals surface area contributed by atoms with Gasteiger partial charge in [0.15, 0.2) is 5.43 Å². The van der Waals surface area contributed by atoms with Crippen molar-refractivity contribution in [2.75, 3.05) is 13.1 Å². The zero-order valence-electron chi connectivity index (χ0n) is 23.9. The summed E-state index contributed by atoms with van der Waals surface area (Å²) in [4.78, 5) is 44.2. The Balaban J connectivity index is 1.64. The van der Waals surface area contributed by atoms with Gasteiger partial charge in [-0.3, -0.25) is 14.4 Å². The Labute approximate surface area is 240 Å². The first-order valence-electron chi connectivity index (χ1n) is 14.1. The molecule has 1 aromatic heterocycles. The molecule has 4 aromatic rings. The number of hydrogen-bond donors (Lipinski definition) is 0. The lowest BCUT2D eigenvalue weighted by Crippen LogP contribution is -2.45. The minimum absolute atomic E-state index is 0.00845. The Kier molecular flexibility index (Phi) is 10.1. The van der Waals surface area contributed by atoms with Gasteiger partial charge in [-0.05, 0) is 54.2 Å². The summed E-state index contributed by atoms with van der Waals surface area (Å²) in [5.74, 6) is -0.802. The average Bonchev–Trinajstić information content (AvgIpc) is 2.98. The fraction of sp³-hybridized carbons (Fsp3) is 0.324. The first-order chi connectivity index (χ1) is 19.8. The van der Waals surface area contributed by atoms with Gasteiger partial charge in [0, 0.05) is 13.1 Å². The lowest BCUT2D eigenvalue weighted by Gasteiger charge is -2.30. The largest absolute Gasteiger partial charge is 0.464 e. The molecule has 3 aromatic carbocycles. The quantitative estimate of drug-likeness (QED) is 0.199. The molecular formula is C34H37FN2O4. The molecule has 41 heavy (non-hydrogen) atoms. The Morgan fingerprint density at radius 3 is 2.24 bits per heavy atom. The van der Waals surface area contributed by atoms with Crippen molar-refractivity contribution in [3.05, 3.63) is 118 Å². The van der Waals surface area contributed by atoms with Gasteiger partial charge in [-0.1, -0.05) is 75.4 Å². The van der Waals surface area contributed by atoms with Crippen molar-refractivity contribution in [3.8, 4) is 0 Å². The van der Waals surface area contributed by atoms with Gasteiger partial charge in [-0.15, -0.1) is 0 Å². The van der Waals surface area contributed by atoms with E-state index >= 15 is 0 Å². The number of rotatable bonds is 12. The maximum Gasteiger partial charge on any atom is 0.242 e. The number of nitrogens with zero attached hydrogens (tertiary/aromatic N) is 2. The predicted octanol–water partition coefficient (Wildman–Crippen LogP) is 6.53. The molecule has 7 heteroatoms. The molecule has 1 unspecified atom stereocenters. The highest BCUT2D eigenvalue weighted by Gasteiger charge is 2.28. The summed E-state index contributed by atoms with van der Waals surface area (Å²) >= 11 is 0. The van der Waals surface area contributed by atoms with Crippen LogP contribution in [0.2, 0.25) is 0 Å². The van der Waals surface area contributed by atoms with Crippen LogP contribution in [0.25, 0.3) is 11.0 Å². The second-order valence-electron chi connectivity index (χ2n) is 10.8. The molecule has 6 nitrogen and oxygen atoms in total. The topological polar surface area (TPSA) is 70.8 Å². The maximum atomic E-state index is 13.9. The first kappa shape index (κ1) is 29.7. The number of fused-ring (bicyclic) bond motifs is 1. The fourth-order valence-corrected chi connectivity index (χ4v) is 4.88. The van der Waals surface area contributed by atoms with Crippen molar-refractivity contribution in [1.29, 1.82) is 0 Å². The van der Waals surface area contributed by atoms with Crippen molar-refractivity contribution in [3.63, 3.8) is 0 Å². The van der Waals surface area contributed by atoms with Gasteiger partial charge in [0.05, 0.1) is 36.2 Å². The summed E-state index contributed by atoms with van der Waals surface area (Å²) in [5, 5.41) is 0.432. The Bertz CT molecular complexity index is 1520. The van der Waals surface area contributed by atoms with Crippen LogP contribution in [0, 0.1) is 11.7 Å². The predicted molar refractivity (Wildman–Crippen MR) is 159 cm³/mol. The van der Waals surface area contributed by atoms with Crippen LogP contribution < -0.4 is 5.43 Å². The SMILES string of the molecule is CCC(C(=O)N(CCC(C)C)CC(=O)N(Cc1ccc(F)cc1)Cc1coc2ccccc2c1=O)c1ccccc1. The van der Waals surface area contributed by atoms with Crippen LogP contribution in [0.5, 0.6) is 0 Å². The van der Waals surface area contributed by atoms with Gasteiger partial charge >= 0.3 is 0 Å². The molecule has 0 bridgehead atoms. The molecule has 0 N–H and O–H groups in total. The molecule has 214 valence electrons. The maximum absolute atomic E-state index is 13.9.